The number of thiophene rings is 1. The molecule has 0 saturated heterocycles. The summed E-state index contributed by atoms with van der Waals surface area (Å²) in [6, 6.07) is 2.02. The van der Waals surface area contributed by atoms with Crippen molar-refractivity contribution in [3.05, 3.63) is 11.4 Å². The first-order valence-corrected chi connectivity index (χ1v) is 7.79. The molecule has 0 aromatic carbocycles. The summed E-state index contributed by atoms with van der Waals surface area (Å²) in [4.78, 5) is 9.76. The van der Waals surface area contributed by atoms with Crippen molar-refractivity contribution < 1.29 is 4.74 Å². The number of rotatable bonds is 8. The van der Waals surface area contributed by atoms with Crippen LogP contribution in [0.25, 0.3) is 10.2 Å². The zero-order valence-corrected chi connectivity index (χ0v) is 12.4. The number of unbranched alkanes of at least 4 members (excludes halogenated alkanes) is 4. The first-order chi connectivity index (χ1) is 9.35. The van der Waals surface area contributed by atoms with E-state index in [0.29, 0.717) is 11.8 Å². The Morgan fingerprint density at radius 1 is 1.21 bits per heavy atom. The third-order valence-electron chi connectivity index (χ3n) is 3.00. The minimum absolute atomic E-state index is 0.621. The fourth-order valence-electron chi connectivity index (χ4n) is 1.92. The molecule has 2 heterocycles. The van der Waals surface area contributed by atoms with Crippen LogP contribution in [0.15, 0.2) is 11.4 Å². The Kier molecular flexibility index (Phi) is 5.39. The van der Waals surface area contributed by atoms with E-state index in [1.165, 1.54) is 25.7 Å². The van der Waals surface area contributed by atoms with Crippen LogP contribution in [0.5, 0.6) is 5.88 Å². The van der Waals surface area contributed by atoms with Gasteiger partial charge in [0.15, 0.2) is 0 Å². The molecule has 0 aliphatic rings. The predicted octanol–water partition coefficient (Wildman–Crippen LogP) is 4.08. The summed E-state index contributed by atoms with van der Waals surface area (Å²) in [5.41, 5.74) is 0. The highest BCUT2D eigenvalue weighted by molar-refractivity contribution is 7.16. The number of aromatic nitrogens is 2. The van der Waals surface area contributed by atoms with Crippen molar-refractivity contribution in [1.82, 2.24) is 9.97 Å². The standard InChI is InChI=1S/C14H21N3OS/c1-3-4-5-6-7-9-18-12-11-8-10-19-13(11)17-14(15-2)16-12/h8,10H,3-7,9H2,1-2H3,(H,15,16,17). The molecule has 19 heavy (non-hydrogen) atoms. The Balaban J connectivity index is 1.93. The van der Waals surface area contributed by atoms with Crippen LogP contribution in [0.1, 0.15) is 39.0 Å². The van der Waals surface area contributed by atoms with E-state index in [1.807, 2.05) is 18.5 Å². The molecule has 4 nitrogen and oxygen atoms in total. The van der Waals surface area contributed by atoms with Crippen molar-refractivity contribution in [2.24, 2.45) is 0 Å². The Labute approximate surface area is 118 Å². The van der Waals surface area contributed by atoms with E-state index >= 15 is 0 Å². The fourth-order valence-corrected chi connectivity index (χ4v) is 2.68. The number of fused-ring (bicyclic) bond motifs is 1. The van der Waals surface area contributed by atoms with Crippen LogP contribution in [0, 0.1) is 0 Å². The maximum Gasteiger partial charge on any atom is 0.227 e. The van der Waals surface area contributed by atoms with Gasteiger partial charge >= 0.3 is 0 Å². The molecule has 5 heteroatoms. The summed E-state index contributed by atoms with van der Waals surface area (Å²) < 4.78 is 5.82. The van der Waals surface area contributed by atoms with Gasteiger partial charge in [-0.25, -0.2) is 4.98 Å². The van der Waals surface area contributed by atoms with E-state index in [4.69, 9.17) is 4.74 Å². The van der Waals surface area contributed by atoms with E-state index in [9.17, 15) is 0 Å². The Morgan fingerprint density at radius 2 is 2.05 bits per heavy atom. The van der Waals surface area contributed by atoms with Crippen molar-refractivity contribution in [3.63, 3.8) is 0 Å². The van der Waals surface area contributed by atoms with Crippen LogP contribution < -0.4 is 10.1 Å². The molecule has 0 atom stereocenters. The van der Waals surface area contributed by atoms with Gasteiger partial charge in [-0.3, -0.25) is 0 Å². The van der Waals surface area contributed by atoms with E-state index < -0.39 is 0 Å². The molecule has 104 valence electrons. The van der Waals surface area contributed by atoms with E-state index in [-0.39, 0.29) is 0 Å². The van der Waals surface area contributed by atoms with Crippen LogP contribution >= 0.6 is 11.3 Å². The summed E-state index contributed by atoms with van der Waals surface area (Å²) >= 11 is 1.61. The molecule has 0 aliphatic heterocycles. The van der Waals surface area contributed by atoms with E-state index in [2.05, 4.69) is 22.2 Å². The molecule has 0 fully saturated rings. The molecule has 0 amide bonds. The van der Waals surface area contributed by atoms with Gasteiger partial charge in [0.2, 0.25) is 11.8 Å². The zero-order chi connectivity index (χ0) is 13.5. The van der Waals surface area contributed by atoms with Crippen molar-refractivity contribution in [2.75, 3.05) is 19.0 Å². The molecule has 2 aromatic rings. The van der Waals surface area contributed by atoms with Crippen molar-refractivity contribution in [2.45, 2.75) is 39.0 Å². The summed E-state index contributed by atoms with van der Waals surface area (Å²) in [6.07, 6.45) is 6.19. The van der Waals surface area contributed by atoms with Gasteiger partial charge in [-0.1, -0.05) is 32.6 Å². The highest BCUT2D eigenvalue weighted by atomic mass is 32.1. The van der Waals surface area contributed by atoms with Gasteiger partial charge in [0, 0.05) is 7.05 Å². The third kappa shape index (κ3) is 3.80. The monoisotopic (exact) mass is 279 g/mol. The van der Waals surface area contributed by atoms with Gasteiger partial charge in [0.1, 0.15) is 4.83 Å². The summed E-state index contributed by atoms with van der Waals surface area (Å²) in [6.45, 7) is 2.96. The van der Waals surface area contributed by atoms with Crippen molar-refractivity contribution in [1.29, 1.82) is 0 Å². The fraction of sp³-hybridized carbons (Fsp3) is 0.571. The quantitative estimate of drug-likeness (QED) is 0.740. The average molecular weight is 279 g/mol. The molecule has 0 spiro atoms. The van der Waals surface area contributed by atoms with Crippen LogP contribution in [0.2, 0.25) is 0 Å². The molecule has 0 unspecified atom stereocenters. The van der Waals surface area contributed by atoms with Crippen LogP contribution in [0.3, 0.4) is 0 Å². The van der Waals surface area contributed by atoms with Crippen molar-refractivity contribution >= 4 is 27.5 Å². The number of nitrogens with one attached hydrogen (secondary N) is 1. The highest BCUT2D eigenvalue weighted by Crippen LogP contribution is 2.28. The van der Waals surface area contributed by atoms with Crippen LogP contribution in [0.4, 0.5) is 5.95 Å². The molecular formula is C14H21N3OS. The zero-order valence-electron chi connectivity index (χ0n) is 11.6. The molecule has 2 aromatic heterocycles. The Bertz CT molecular complexity index is 512. The van der Waals surface area contributed by atoms with Gasteiger partial charge in [-0.2, -0.15) is 4.98 Å². The third-order valence-corrected chi connectivity index (χ3v) is 3.81. The Hall–Kier alpha value is -1.36. The SMILES string of the molecule is CCCCCCCOc1nc(NC)nc2sccc12. The smallest absolute Gasteiger partial charge is 0.227 e. The van der Waals surface area contributed by atoms with Crippen LogP contribution in [-0.4, -0.2) is 23.6 Å². The maximum absolute atomic E-state index is 5.82. The minimum Gasteiger partial charge on any atom is -0.477 e. The van der Waals surface area contributed by atoms with Crippen LogP contribution in [-0.2, 0) is 0 Å². The first-order valence-electron chi connectivity index (χ1n) is 6.91. The molecule has 0 saturated carbocycles. The number of hydrogen-bond donors (Lipinski definition) is 1. The molecular weight excluding hydrogens is 258 g/mol. The molecule has 0 aliphatic carbocycles. The molecule has 2 rings (SSSR count). The van der Waals surface area contributed by atoms with Gasteiger partial charge in [-0.05, 0) is 17.9 Å². The predicted molar refractivity (Wildman–Crippen MR) is 81.2 cm³/mol. The summed E-state index contributed by atoms with van der Waals surface area (Å²) in [5.74, 6) is 1.32. The average Bonchev–Trinajstić information content (AvgIpc) is 2.90. The lowest BCUT2D eigenvalue weighted by Crippen LogP contribution is -2.03. The first kappa shape index (κ1) is 14.1. The Morgan fingerprint density at radius 3 is 2.84 bits per heavy atom. The molecule has 0 bridgehead atoms. The van der Waals surface area contributed by atoms with E-state index in [1.54, 1.807) is 11.3 Å². The van der Waals surface area contributed by atoms with Gasteiger partial charge in [-0.15, -0.1) is 11.3 Å². The second-order valence-corrected chi connectivity index (χ2v) is 5.40. The number of anilines is 1. The van der Waals surface area contributed by atoms with Crippen molar-refractivity contribution in [3.8, 4) is 5.88 Å². The second kappa shape index (κ2) is 7.28. The summed E-state index contributed by atoms with van der Waals surface area (Å²) in [5, 5.41) is 6.00. The van der Waals surface area contributed by atoms with Gasteiger partial charge in [0.05, 0.1) is 12.0 Å². The lowest BCUT2D eigenvalue weighted by atomic mass is 10.2. The largest absolute Gasteiger partial charge is 0.477 e. The molecule has 1 N–H and O–H groups in total. The lowest BCUT2D eigenvalue weighted by Gasteiger charge is -2.07. The minimum atomic E-state index is 0.621. The topological polar surface area (TPSA) is 47.0 Å². The lowest BCUT2D eigenvalue weighted by molar-refractivity contribution is 0.297. The number of ether oxygens (including phenoxy) is 1. The molecule has 0 radical (unpaired) electrons. The number of nitrogens with zero attached hydrogens (tertiary/aromatic N) is 2. The van der Waals surface area contributed by atoms with Gasteiger partial charge in [0.25, 0.3) is 0 Å². The second-order valence-electron chi connectivity index (χ2n) is 4.50. The maximum atomic E-state index is 5.82. The normalized spacial score (nSPS) is 10.8. The van der Waals surface area contributed by atoms with E-state index in [0.717, 1.165) is 23.2 Å². The highest BCUT2D eigenvalue weighted by Gasteiger charge is 2.09. The number of hydrogen-bond acceptors (Lipinski definition) is 5. The van der Waals surface area contributed by atoms with Gasteiger partial charge < -0.3 is 10.1 Å². The summed E-state index contributed by atoms with van der Waals surface area (Å²) in [7, 11) is 1.82.